The first-order valence-electron chi connectivity index (χ1n) is 6.14. The number of methoxy groups -OCH3 is 1. The van der Waals surface area contributed by atoms with E-state index in [4.69, 9.17) is 4.74 Å². The molecular weight excluding hydrogens is 325 g/mol. The van der Waals surface area contributed by atoms with Gasteiger partial charge in [0.15, 0.2) is 9.50 Å². The summed E-state index contributed by atoms with van der Waals surface area (Å²) in [4.78, 5) is 8.32. The maximum absolute atomic E-state index is 13.1. The topological polar surface area (TPSA) is 72.8 Å². The standard InChI is InChI=1S/C13H10FN5OS2/c1-20-10-5-6-15-11(17-10)21-13-19-18-12(22-13)16-9-4-2-3-8(14)7-9/h2-7H,1H3,(H,16,18). The molecule has 0 amide bonds. The van der Waals surface area contributed by atoms with E-state index in [9.17, 15) is 4.39 Å². The largest absolute Gasteiger partial charge is 0.481 e. The zero-order valence-electron chi connectivity index (χ0n) is 11.4. The van der Waals surface area contributed by atoms with E-state index in [0.717, 1.165) is 0 Å². The van der Waals surface area contributed by atoms with Crippen LogP contribution in [0.2, 0.25) is 0 Å². The van der Waals surface area contributed by atoms with Crippen LogP contribution in [0.4, 0.5) is 15.2 Å². The van der Waals surface area contributed by atoms with Crippen molar-refractivity contribution < 1.29 is 9.13 Å². The van der Waals surface area contributed by atoms with Crippen LogP contribution in [-0.2, 0) is 0 Å². The third kappa shape index (κ3) is 3.68. The minimum Gasteiger partial charge on any atom is -0.481 e. The van der Waals surface area contributed by atoms with Crippen LogP contribution in [0.5, 0.6) is 5.88 Å². The van der Waals surface area contributed by atoms with Gasteiger partial charge in [0.2, 0.25) is 11.0 Å². The van der Waals surface area contributed by atoms with Gasteiger partial charge in [-0.15, -0.1) is 10.2 Å². The molecule has 0 radical (unpaired) electrons. The molecule has 0 saturated heterocycles. The number of nitrogens with one attached hydrogen (secondary N) is 1. The zero-order valence-corrected chi connectivity index (χ0v) is 13.0. The lowest BCUT2D eigenvalue weighted by molar-refractivity contribution is 0.392. The monoisotopic (exact) mass is 335 g/mol. The van der Waals surface area contributed by atoms with Crippen LogP contribution in [-0.4, -0.2) is 27.3 Å². The van der Waals surface area contributed by atoms with Crippen molar-refractivity contribution in [1.82, 2.24) is 20.2 Å². The number of anilines is 2. The molecule has 1 N–H and O–H groups in total. The summed E-state index contributed by atoms with van der Waals surface area (Å²) in [6.45, 7) is 0. The van der Waals surface area contributed by atoms with E-state index in [1.54, 1.807) is 31.5 Å². The molecule has 6 nitrogen and oxygen atoms in total. The Morgan fingerprint density at radius 1 is 1.27 bits per heavy atom. The molecule has 112 valence electrons. The van der Waals surface area contributed by atoms with Gasteiger partial charge >= 0.3 is 0 Å². The van der Waals surface area contributed by atoms with Crippen LogP contribution in [0, 0.1) is 5.82 Å². The maximum Gasteiger partial charge on any atom is 0.217 e. The van der Waals surface area contributed by atoms with Crippen LogP contribution >= 0.6 is 23.1 Å². The van der Waals surface area contributed by atoms with E-state index in [1.165, 1.54) is 35.2 Å². The molecule has 9 heteroatoms. The fourth-order valence-electron chi connectivity index (χ4n) is 1.56. The van der Waals surface area contributed by atoms with Crippen molar-refractivity contribution >= 4 is 33.9 Å². The lowest BCUT2D eigenvalue weighted by atomic mass is 10.3. The SMILES string of the molecule is COc1ccnc(Sc2nnc(Nc3cccc(F)c3)s2)n1. The molecule has 0 fully saturated rings. The summed E-state index contributed by atoms with van der Waals surface area (Å²) in [6.07, 6.45) is 1.61. The Hall–Kier alpha value is -2.26. The van der Waals surface area contributed by atoms with Crippen molar-refractivity contribution in [3.63, 3.8) is 0 Å². The highest BCUT2D eigenvalue weighted by Gasteiger charge is 2.09. The summed E-state index contributed by atoms with van der Waals surface area (Å²) in [5.41, 5.74) is 0.616. The predicted octanol–water partition coefficient (Wildman–Crippen LogP) is 3.37. The first-order chi connectivity index (χ1) is 10.7. The predicted molar refractivity (Wildman–Crippen MR) is 82.3 cm³/mol. The van der Waals surface area contributed by atoms with E-state index >= 15 is 0 Å². The highest BCUT2D eigenvalue weighted by molar-refractivity contribution is 8.00. The van der Waals surface area contributed by atoms with E-state index in [2.05, 4.69) is 25.5 Å². The molecule has 1 aromatic carbocycles. The number of benzene rings is 1. The lowest BCUT2D eigenvalue weighted by Crippen LogP contribution is -1.90. The van der Waals surface area contributed by atoms with Crippen molar-refractivity contribution in [3.05, 3.63) is 42.3 Å². The Morgan fingerprint density at radius 2 is 2.18 bits per heavy atom. The molecule has 0 spiro atoms. The smallest absolute Gasteiger partial charge is 0.217 e. The second-order valence-electron chi connectivity index (χ2n) is 3.99. The number of rotatable bonds is 5. The lowest BCUT2D eigenvalue weighted by Gasteiger charge is -2.00. The van der Waals surface area contributed by atoms with Crippen LogP contribution in [0.25, 0.3) is 0 Å². The van der Waals surface area contributed by atoms with Gasteiger partial charge in [-0.2, -0.15) is 4.98 Å². The van der Waals surface area contributed by atoms with Crippen molar-refractivity contribution in [2.45, 2.75) is 9.50 Å². The van der Waals surface area contributed by atoms with Gasteiger partial charge in [0.1, 0.15) is 5.82 Å². The van der Waals surface area contributed by atoms with E-state index in [-0.39, 0.29) is 5.82 Å². The second-order valence-corrected chi connectivity index (χ2v) is 6.18. The Bertz CT molecular complexity index is 782. The van der Waals surface area contributed by atoms with Crippen molar-refractivity contribution in [3.8, 4) is 5.88 Å². The van der Waals surface area contributed by atoms with Crippen LogP contribution in [0.3, 0.4) is 0 Å². The molecule has 2 aromatic heterocycles. The third-order valence-electron chi connectivity index (χ3n) is 2.48. The van der Waals surface area contributed by atoms with Crippen LogP contribution < -0.4 is 10.1 Å². The molecule has 0 aliphatic rings. The normalized spacial score (nSPS) is 10.5. The summed E-state index contributed by atoms with van der Waals surface area (Å²) in [5, 5.41) is 12.1. The molecule has 0 aliphatic heterocycles. The molecule has 2 heterocycles. The van der Waals surface area contributed by atoms with Gasteiger partial charge in [0.05, 0.1) is 7.11 Å². The molecule has 0 aliphatic carbocycles. The third-order valence-corrected chi connectivity index (χ3v) is 4.25. The summed E-state index contributed by atoms with van der Waals surface area (Å²) in [6, 6.07) is 7.81. The Labute approximate surface area is 133 Å². The minimum absolute atomic E-state index is 0.311. The van der Waals surface area contributed by atoms with Gasteiger partial charge in [-0.1, -0.05) is 17.4 Å². The fourth-order valence-corrected chi connectivity index (χ4v) is 3.17. The first kappa shape index (κ1) is 14.7. The van der Waals surface area contributed by atoms with Gasteiger partial charge < -0.3 is 10.1 Å². The number of ether oxygens (including phenoxy) is 1. The average molecular weight is 335 g/mol. The highest BCUT2D eigenvalue weighted by atomic mass is 32.2. The van der Waals surface area contributed by atoms with Crippen molar-refractivity contribution in [2.24, 2.45) is 0 Å². The molecule has 0 unspecified atom stereocenters. The second kappa shape index (κ2) is 6.67. The number of hydrogen-bond donors (Lipinski definition) is 1. The molecule has 22 heavy (non-hydrogen) atoms. The zero-order chi connectivity index (χ0) is 15.4. The van der Waals surface area contributed by atoms with Gasteiger partial charge in [0.25, 0.3) is 0 Å². The summed E-state index contributed by atoms with van der Waals surface area (Å²) in [5.74, 6) is 0.175. The fraction of sp³-hybridized carbons (Fsp3) is 0.0769. The van der Waals surface area contributed by atoms with E-state index in [0.29, 0.717) is 26.2 Å². The van der Waals surface area contributed by atoms with Crippen LogP contribution in [0.1, 0.15) is 0 Å². The van der Waals surface area contributed by atoms with Gasteiger partial charge in [-0.25, -0.2) is 9.37 Å². The first-order valence-corrected chi connectivity index (χ1v) is 7.77. The van der Waals surface area contributed by atoms with E-state index < -0.39 is 0 Å². The molecular formula is C13H10FN5OS2. The van der Waals surface area contributed by atoms with E-state index in [1.807, 2.05) is 0 Å². The highest BCUT2D eigenvalue weighted by Crippen LogP contribution is 2.31. The quantitative estimate of drug-likeness (QED) is 0.717. The molecule has 3 aromatic rings. The Balaban J connectivity index is 1.70. The number of halogens is 1. The molecule has 0 saturated carbocycles. The van der Waals surface area contributed by atoms with Gasteiger partial charge in [-0.05, 0) is 30.0 Å². The number of aromatic nitrogens is 4. The molecule has 3 rings (SSSR count). The Kier molecular flexibility index (Phi) is 4.45. The van der Waals surface area contributed by atoms with Crippen LogP contribution in [0.15, 0.2) is 46.0 Å². The Morgan fingerprint density at radius 3 is 3.00 bits per heavy atom. The van der Waals surface area contributed by atoms with Crippen molar-refractivity contribution in [1.29, 1.82) is 0 Å². The van der Waals surface area contributed by atoms with Crippen molar-refractivity contribution in [2.75, 3.05) is 12.4 Å². The number of hydrogen-bond acceptors (Lipinski definition) is 8. The molecule has 0 atom stereocenters. The summed E-state index contributed by atoms with van der Waals surface area (Å²) in [7, 11) is 1.54. The minimum atomic E-state index is -0.311. The summed E-state index contributed by atoms with van der Waals surface area (Å²) < 4.78 is 18.8. The number of nitrogens with zero attached hydrogens (tertiary/aromatic N) is 4. The molecule has 0 bridgehead atoms. The average Bonchev–Trinajstić information content (AvgIpc) is 2.94. The maximum atomic E-state index is 13.1. The summed E-state index contributed by atoms with van der Waals surface area (Å²) >= 11 is 2.61. The van der Waals surface area contributed by atoms with Gasteiger partial charge in [0, 0.05) is 18.0 Å². The van der Waals surface area contributed by atoms with Gasteiger partial charge in [-0.3, -0.25) is 0 Å².